The van der Waals surface area contributed by atoms with Gasteiger partial charge in [0, 0.05) is 117 Å². The number of sulfonamides is 1. The van der Waals surface area contributed by atoms with Gasteiger partial charge in [-0.1, -0.05) is 36.4 Å². The van der Waals surface area contributed by atoms with E-state index in [1.54, 1.807) is 54.6 Å². The number of nitrogens with one attached hydrogen (secondary N) is 6. The lowest BCUT2D eigenvalue weighted by Gasteiger charge is -2.51. The van der Waals surface area contributed by atoms with Crippen LogP contribution in [0.5, 0.6) is 23.0 Å². The first-order valence-electron chi connectivity index (χ1n) is 32.2. The predicted octanol–water partition coefficient (Wildman–Crippen LogP) is 11.8. The van der Waals surface area contributed by atoms with Crippen molar-refractivity contribution in [1.82, 2.24) is 9.80 Å². The zero-order valence-electron chi connectivity index (χ0n) is 56.1. The highest BCUT2D eigenvalue weighted by molar-refractivity contribution is 7.92. The maximum Gasteiger partial charge on any atom is 0.416 e. The maximum atomic E-state index is 13.4. The minimum atomic E-state index is -4.57. The second-order valence-corrected chi connectivity index (χ2v) is 28.9. The largest absolute Gasteiger partial charge is 0.484 e. The highest BCUT2D eigenvalue weighted by atomic mass is 32.2. The summed E-state index contributed by atoms with van der Waals surface area (Å²) < 4.78 is 180. The van der Waals surface area contributed by atoms with Crippen LogP contribution in [0.1, 0.15) is 77.6 Å². The number of alkyl halides is 9. The number of benzene rings is 6. The molecule has 8 aliphatic heterocycles. The molecule has 0 aliphatic carbocycles. The van der Waals surface area contributed by atoms with E-state index in [9.17, 15) is 71.9 Å². The van der Waals surface area contributed by atoms with Gasteiger partial charge in [-0.15, -0.1) is 0 Å². The minimum absolute atomic E-state index is 0.0157. The fraction of sp³-hybridized carbons (Fsp3) is 0.347. The number of carbonyl (C=O) groups is 5. The van der Waals surface area contributed by atoms with Crippen LogP contribution in [0.25, 0.3) is 16.7 Å². The second kappa shape index (κ2) is 27.3. The van der Waals surface area contributed by atoms with Gasteiger partial charge in [0.25, 0.3) is 5.91 Å². The van der Waals surface area contributed by atoms with Crippen molar-refractivity contribution in [2.45, 2.75) is 80.3 Å². The fourth-order valence-corrected chi connectivity index (χ4v) is 15.1. The van der Waals surface area contributed by atoms with E-state index in [2.05, 4.69) is 31.3 Å². The standard InChI is InChI=1S/C25H24F3N3O3.C24H25F3N2O6S.C23H20F3N3O4/c1-23(2)18-7-5-16(10-19(18)30-22(23)33)29-21(32)8-14-11-24(12-31(3)13-24)34-20-9-15(25(26,27)28)4-6-17(14)20;1-33-13-23(14-34-2)12-15(17-7-6-16(24(25,26)27)11-21(17)35-23)10-22(30)28-19-4-3-5-20-18(19)8-9-36(31,32)29-20;1-29-11-22(12-29)9-13(15-6-5-14(23(24,25)26)8-18(15)33-22)7-19(30)27-16-3-2-4-17-21(16)32-10-20(31)28-17/h4-10H,11-13H2,1-3H3,(H,29,32)(H,30,33);3-7,10-11,29H,8-9,12-14H2,1-2H3,(H,28,30);2-8H,9-12H2,1H3,(H,27,30)(H,28,31)/b14-8+;15-10+;13-7+. The summed E-state index contributed by atoms with van der Waals surface area (Å²) in [5.74, 6) is -1.34. The molecule has 0 saturated carbocycles. The first-order valence-corrected chi connectivity index (χ1v) is 33.8. The third-order valence-corrected chi connectivity index (χ3v) is 19.7. The van der Waals surface area contributed by atoms with Crippen LogP contribution in [0.4, 0.5) is 73.6 Å². The number of halogens is 9. The van der Waals surface area contributed by atoms with Gasteiger partial charge in [-0.3, -0.25) is 38.5 Å². The minimum Gasteiger partial charge on any atom is -0.484 e. The number of likely N-dealkylation sites (N-methyl/N-ethyl adjacent to an activating group) is 2. The highest BCUT2D eigenvalue weighted by Crippen LogP contribution is 2.50. The summed E-state index contributed by atoms with van der Waals surface area (Å²) in [6.07, 6.45) is -8.27. The number of fused-ring (bicyclic) bond motifs is 6. The number of likely N-dealkylation sites (tertiary alicyclic amines) is 2. The molecule has 103 heavy (non-hydrogen) atoms. The number of ether oxygens (including phenoxy) is 6. The van der Waals surface area contributed by atoms with Crippen LogP contribution in [0, 0.1) is 0 Å². The van der Waals surface area contributed by atoms with E-state index in [4.69, 9.17) is 28.4 Å². The molecule has 544 valence electrons. The third-order valence-electron chi connectivity index (χ3n) is 18.4. The molecule has 6 aromatic rings. The first-order chi connectivity index (χ1) is 48.4. The summed E-state index contributed by atoms with van der Waals surface area (Å²) in [6.45, 7) is 5.73. The number of hydrogen-bond donors (Lipinski definition) is 6. The van der Waals surface area contributed by atoms with Gasteiger partial charge in [-0.2, -0.15) is 39.5 Å². The van der Waals surface area contributed by atoms with Crippen LogP contribution < -0.4 is 50.3 Å². The Balaban J connectivity index is 0.000000146. The number of rotatable bonds is 10. The van der Waals surface area contributed by atoms with E-state index >= 15 is 0 Å². The number of carbonyl (C=O) groups excluding carboxylic acids is 5. The molecule has 8 heterocycles. The lowest BCUT2D eigenvalue weighted by molar-refractivity contribution is -0.138. The average molecular weight is 1460 g/mol. The van der Waals surface area contributed by atoms with Crippen molar-refractivity contribution < 1.29 is 100 Å². The van der Waals surface area contributed by atoms with E-state index in [-0.39, 0.29) is 67.5 Å². The molecule has 0 bridgehead atoms. The van der Waals surface area contributed by atoms with Gasteiger partial charge in [0.2, 0.25) is 33.7 Å². The fourth-order valence-electron chi connectivity index (χ4n) is 14.0. The number of para-hydroxylation sites is 1. The van der Waals surface area contributed by atoms with Crippen LogP contribution in [-0.2, 0) is 73.8 Å². The van der Waals surface area contributed by atoms with Crippen molar-refractivity contribution in [2.75, 3.05) is 111 Å². The van der Waals surface area contributed by atoms with Gasteiger partial charge in [-0.05, 0) is 129 Å². The predicted molar refractivity (Wildman–Crippen MR) is 363 cm³/mol. The van der Waals surface area contributed by atoms with E-state index in [1.165, 1.54) is 50.6 Å². The van der Waals surface area contributed by atoms with Crippen LogP contribution in [-0.4, -0.2) is 145 Å². The van der Waals surface area contributed by atoms with Crippen molar-refractivity contribution >= 4 is 90.4 Å². The van der Waals surface area contributed by atoms with Gasteiger partial charge in [0.05, 0.1) is 58.1 Å². The number of nitrogens with zero attached hydrogens (tertiary/aromatic N) is 2. The van der Waals surface area contributed by atoms with Crippen LogP contribution >= 0.6 is 0 Å². The number of methoxy groups -OCH3 is 2. The number of amides is 5. The second-order valence-electron chi connectivity index (χ2n) is 27.1. The monoisotopic (exact) mass is 1460 g/mol. The van der Waals surface area contributed by atoms with Crippen molar-refractivity contribution in [1.29, 1.82) is 0 Å². The Hall–Kier alpha value is -9.95. The smallest absolute Gasteiger partial charge is 0.416 e. The summed E-state index contributed by atoms with van der Waals surface area (Å²) in [7, 11) is 3.24. The van der Waals surface area contributed by atoms with Crippen molar-refractivity contribution in [3.05, 3.63) is 172 Å². The Morgan fingerprint density at radius 2 is 1.04 bits per heavy atom. The molecule has 0 radical (unpaired) electrons. The summed E-state index contributed by atoms with van der Waals surface area (Å²) in [5, 5.41) is 13.8. The summed E-state index contributed by atoms with van der Waals surface area (Å²) >= 11 is 0. The first kappa shape index (κ1) is 72.8. The van der Waals surface area contributed by atoms with E-state index in [0.29, 0.717) is 118 Å². The van der Waals surface area contributed by atoms with Gasteiger partial charge in [-0.25, -0.2) is 8.42 Å². The van der Waals surface area contributed by atoms with Crippen LogP contribution in [0.3, 0.4) is 0 Å². The number of anilines is 6. The zero-order chi connectivity index (χ0) is 74.0. The molecule has 0 atom stereocenters. The Kier molecular flexibility index (Phi) is 19.3. The van der Waals surface area contributed by atoms with Gasteiger partial charge in [0.15, 0.2) is 18.0 Å². The van der Waals surface area contributed by atoms with Gasteiger partial charge in [0.1, 0.15) is 28.5 Å². The maximum absolute atomic E-state index is 13.4. The lowest BCUT2D eigenvalue weighted by atomic mass is 9.81. The van der Waals surface area contributed by atoms with Gasteiger partial charge < -0.3 is 55.0 Å². The summed E-state index contributed by atoms with van der Waals surface area (Å²) in [5.41, 5.74) is 1.68. The molecule has 14 rings (SSSR count). The molecular formula is C72H69F9N8O13S. The van der Waals surface area contributed by atoms with Gasteiger partial charge >= 0.3 is 18.5 Å². The van der Waals surface area contributed by atoms with Crippen molar-refractivity contribution in [2.24, 2.45) is 0 Å². The molecule has 8 aliphatic rings. The molecule has 0 unspecified atom stereocenters. The molecular weight excluding hydrogens is 1390 g/mol. The molecule has 2 spiro atoms. The summed E-state index contributed by atoms with van der Waals surface area (Å²) in [4.78, 5) is 66.5. The number of hydrogen-bond acceptors (Lipinski definition) is 15. The average Bonchev–Trinajstić information content (AvgIpc) is 1.54. The van der Waals surface area contributed by atoms with E-state index in [0.717, 1.165) is 42.0 Å². The molecule has 6 N–H and O–H groups in total. The SMILES string of the molecule is CN1CC2(C/C(=C\C(=O)Nc3ccc4c(c3)NC(=O)C4(C)C)c3ccc(C(F)(F)F)cc3O2)C1.CN1CC2(C/C(=C\C(=O)Nc3cccc4c3OCC(=O)N4)c3ccc(C(F)(F)F)cc3O2)C1.COCC1(COC)C/C(=C\C(=O)Nc2cccc3c2CCS(=O)(=O)N3)c2ccc(C(F)(F)F)cc2O1. The Labute approximate surface area is 584 Å². The molecule has 2 fully saturated rings. The molecule has 0 aromatic heterocycles. The molecule has 6 aromatic carbocycles. The Morgan fingerprint density at radius 1 is 0.573 bits per heavy atom. The van der Waals surface area contributed by atoms with E-state index in [1.807, 2.05) is 37.7 Å². The normalized spacial score (nSPS) is 20.1. The van der Waals surface area contributed by atoms with E-state index < -0.39 is 85.2 Å². The zero-order valence-corrected chi connectivity index (χ0v) is 56.9. The topological polar surface area (TPSA) is 254 Å². The van der Waals surface area contributed by atoms with Crippen LogP contribution in [0.2, 0.25) is 0 Å². The van der Waals surface area contributed by atoms with Crippen molar-refractivity contribution in [3.8, 4) is 23.0 Å². The molecule has 21 nitrogen and oxygen atoms in total. The lowest BCUT2D eigenvalue weighted by Crippen LogP contribution is -2.64. The van der Waals surface area contributed by atoms with Crippen molar-refractivity contribution in [3.63, 3.8) is 0 Å². The third kappa shape index (κ3) is 15.7. The highest BCUT2D eigenvalue weighted by Gasteiger charge is 2.50. The quantitative estimate of drug-likeness (QED) is 0.0551. The molecule has 2 saturated heterocycles. The molecule has 5 amide bonds. The summed E-state index contributed by atoms with van der Waals surface area (Å²) in [6, 6.07) is 24.9. The van der Waals surface area contributed by atoms with Crippen LogP contribution in [0.15, 0.2) is 127 Å². The Bertz CT molecular complexity index is 4650. The molecule has 31 heteroatoms. The Morgan fingerprint density at radius 3 is 1.53 bits per heavy atom.